The molecule has 1 aliphatic rings. The Balaban J connectivity index is 2.26. The summed E-state index contributed by atoms with van der Waals surface area (Å²) in [6.45, 7) is 4.10. The molecule has 0 aromatic heterocycles. The Bertz CT molecular complexity index is 271. The minimum Gasteiger partial charge on any atom is -0.464 e. The molecule has 0 N–H and O–H groups in total. The zero-order valence-electron chi connectivity index (χ0n) is 8.76. The standard InChI is InChI=1S/C10H14O5/c1-3-13-8(11)6-5-7-9(15-7)10(12)14-4-2/h5-7,9H,3-4H2,1-2H3. The normalized spacial score (nSPS) is 23.9. The SMILES string of the molecule is CCOC(=O)C=CC1OC1C(=O)OCC. The number of ether oxygens (including phenoxy) is 3. The van der Waals surface area contributed by atoms with Crippen molar-refractivity contribution in [1.29, 1.82) is 0 Å². The smallest absolute Gasteiger partial charge is 0.338 e. The first-order valence-electron chi connectivity index (χ1n) is 4.86. The number of carbonyl (C=O) groups excluding carboxylic acids is 2. The average Bonchev–Trinajstić information content (AvgIpc) is 2.95. The minimum absolute atomic E-state index is 0.326. The highest BCUT2D eigenvalue weighted by molar-refractivity contribution is 5.83. The van der Waals surface area contributed by atoms with Gasteiger partial charge in [-0.15, -0.1) is 0 Å². The quantitative estimate of drug-likeness (QED) is 0.377. The van der Waals surface area contributed by atoms with E-state index in [1.165, 1.54) is 12.2 Å². The largest absolute Gasteiger partial charge is 0.464 e. The summed E-state index contributed by atoms with van der Waals surface area (Å²) in [6.07, 6.45) is 1.84. The molecular weight excluding hydrogens is 200 g/mol. The molecule has 0 amide bonds. The monoisotopic (exact) mass is 214 g/mol. The number of rotatable bonds is 5. The van der Waals surface area contributed by atoms with Gasteiger partial charge in [0.05, 0.1) is 13.2 Å². The number of esters is 2. The molecule has 0 aliphatic carbocycles. The van der Waals surface area contributed by atoms with E-state index in [1.54, 1.807) is 13.8 Å². The Morgan fingerprint density at radius 2 is 1.93 bits per heavy atom. The van der Waals surface area contributed by atoms with Gasteiger partial charge in [0, 0.05) is 6.08 Å². The first-order chi connectivity index (χ1) is 7.19. The topological polar surface area (TPSA) is 65.1 Å². The van der Waals surface area contributed by atoms with Crippen molar-refractivity contribution in [3.63, 3.8) is 0 Å². The van der Waals surface area contributed by atoms with Crippen LogP contribution in [0.4, 0.5) is 0 Å². The van der Waals surface area contributed by atoms with Crippen LogP contribution in [-0.2, 0) is 23.8 Å². The maximum Gasteiger partial charge on any atom is 0.338 e. The predicted molar refractivity (Wildman–Crippen MR) is 51.1 cm³/mol. The Labute approximate surface area is 88.0 Å². The predicted octanol–water partition coefficient (Wildman–Crippen LogP) is 0.436. The van der Waals surface area contributed by atoms with Crippen molar-refractivity contribution >= 4 is 11.9 Å². The first kappa shape index (κ1) is 11.7. The summed E-state index contributed by atoms with van der Waals surface area (Å²) in [5, 5.41) is 0. The van der Waals surface area contributed by atoms with E-state index in [0.717, 1.165) is 0 Å². The summed E-state index contributed by atoms with van der Waals surface area (Å²) >= 11 is 0. The van der Waals surface area contributed by atoms with Crippen molar-refractivity contribution in [2.75, 3.05) is 13.2 Å². The van der Waals surface area contributed by atoms with Gasteiger partial charge in [-0.05, 0) is 19.9 Å². The highest BCUT2D eigenvalue weighted by Gasteiger charge is 2.44. The van der Waals surface area contributed by atoms with E-state index in [9.17, 15) is 9.59 Å². The van der Waals surface area contributed by atoms with Crippen molar-refractivity contribution in [3.8, 4) is 0 Å². The second-order valence-electron chi connectivity index (χ2n) is 2.88. The van der Waals surface area contributed by atoms with Crippen molar-refractivity contribution in [2.24, 2.45) is 0 Å². The van der Waals surface area contributed by atoms with Crippen LogP contribution < -0.4 is 0 Å². The first-order valence-corrected chi connectivity index (χ1v) is 4.86. The fourth-order valence-electron chi connectivity index (χ4n) is 1.05. The molecule has 0 spiro atoms. The molecule has 5 heteroatoms. The van der Waals surface area contributed by atoms with Crippen LogP contribution in [0.3, 0.4) is 0 Å². The van der Waals surface area contributed by atoms with Crippen LogP contribution in [0.2, 0.25) is 0 Å². The van der Waals surface area contributed by atoms with Crippen molar-refractivity contribution in [3.05, 3.63) is 12.2 Å². The molecule has 0 aromatic rings. The molecule has 1 heterocycles. The second kappa shape index (κ2) is 5.50. The molecule has 1 fully saturated rings. The van der Waals surface area contributed by atoms with Crippen LogP contribution in [0.1, 0.15) is 13.8 Å². The van der Waals surface area contributed by atoms with Gasteiger partial charge in [0.15, 0.2) is 6.10 Å². The third-order valence-electron chi connectivity index (χ3n) is 1.75. The van der Waals surface area contributed by atoms with Gasteiger partial charge < -0.3 is 14.2 Å². The van der Waals surface area contributed by atoms with E-state index in [1.807, 2.05) is 0 Å². The number of carbonyl (C=O) groups is 2. The number of hydrogen-bond donors (Lipinski definition) is 0. The molecule has 0 saturated carbocycles. The molecule has 0 aromatic carbocycles. The van der Waals surface area contributed by atoms with Gasteiger partial charge in [-0.3, -0.25) is 0 Å². The molecular formula is C10H14O5. The molecule has 2 unspecified atom stereocenters. The van der Waals surface area contributed by atoms with Gasteiger partial charge in [-0.1, -0.05) is 0 Å². The fourth-order valence-corrected chi connectivity index (χ4v) is 1.05. The van der Waals surface area contributed by atoms with Crippen LogP contribution in [0.25, 0.3) is 0 Å². The lowest BCUT2D eigenvalue weighted by atomic mass is 10.3. The Morgan fingerprint density at radius 1 is 1.27 bits per heavy atom. The maximum atomic E-state index is 11.1. The Hall–Kier alpha value is -1.36. The molecule has 0 bridgehead atoms. The van der Waals surface area contributed by atoms with Gasteiger partial charge in [-0.25, -0.2) is 9.59 Å². The summed E-state index contributed by atoms with van der Waals surface area (Å²) in [6, 6.07) is 0. The zero-order valence-corrected chi connectivity index (χ0v) is 8.76. The number of epoxide rings is 1. The molecule has 5 nitrogen and oxygen atoms in total. The van der Waals surface area contributed by atoms with Gasteiger partial charge in [-0.2, -0.15) is 0 Å². The summed E-state index contributed by atoms with van der Waals surface area (Å²) in [5.41, 5.74) is 0. The fraction of sp³-hybridized carbons (Fsp3) is 0.600. The summed E-state index contributed by atoms with van der Waals surface area (Å²) < 4.78 is 14.4. The van der Waals surface area contributed by atoms with Crippen molar-refractivity contribution < 1.29 is 23.8 Å². The minimum atomic E-state index is -0.560. The molecule has 15 heavy (non-hydrogen) atoms. The number of hydrogen-bond acceptors (Lipinski definition) is 5. The molecule has 2 atom stereocenters. The van der Waals surface area contributed by atoms with Gasteiger partial charge in [0.25, 0.3) is 0 Å². The van der Waals surface area contributed by atoms with Crippen LogP contribution in [0, 0.1) is 0 Å². The zero-order chi connectivity index (χ0) is 11.3. The van der Waals surface area contributed by atoms with Crippen LogP contribution in [0.15, 0.2) is 12.2 Å². The van der Waals surface area contributed by atoms with Gasteiger partial charge >= 0.3 is 11.9 Å². The summed E-state index contributed by atoms with van der Waals surface area (Å²) in [5.74, 6) is -0.827. The lowest BCUT2D eigenvalue weighted by molar-refractivity contribution is -0.144. The third kappa shape index (κ3) is 3.71. The van der Waals surface area contributed by atoms with Crippen molar-refractivity contribution in [1.82, 2.24) is 0 Å². The van der Waals surface area contributed by atoms with Gasteiger partial charge in [0.2, 0.25) is 0 Å². The third-order valence-corrected chi connectivity index (χ3v) is 1.75. The molecule has 1 rings (SSSR count). The summed E-state index contributed by atoms with van der Waals surface area (Å²) in [4.78, 5) is 22.0. The van der Waals surface area contributed by atoms with E-state index < -0.39 is 18.0 Å². The lowest BCUT2D eigenvalue weighted by Gasteiger charge is -1.95. The lowest BCUT2D eigenvalue weighted by Crippen LogP contribution is -2.13. The molecule has 1 aliphatic heterocycles. The second-order valence-corrected chi connectivity index (χ2v) is 2.88. The van der Waals surface area contributed by atoms with Crippen LogP contribution in [0.5, 0.6) is 0 Å². The highest BCUT2D eigenvalue weighted by Crippen LogP contribution is 2.24. The molecule has 84 valence electrons. The van der Waals surface area contributed by atoms with E-state index in [0.29, 0.717) is 13.2 Å². The summed E-state index contributed by atoms with van der Waals surface area (Å²) in [7, 11) is 0. The maximum absolute atomic E-state index is 11.1. The van der Waals surface area contributed by atoms with E-state index in [-0.39, 0.29) is 6.10 Å². The Kier molecular flexibility index (Phi) is 4.30. The van der Waals surface area contributed by atoms with Crippen LogP contribution >= 0.6 is 0 Å². The van der Waals surface area contributed by atoms with E-state index in [2.05, 4.69) is 4.74 Å². The van der Waals surface area contributed by atoms with E-state index >= 15 is 0 Å². The molecule has 0 radical (unpaired) electrons. The molecule has 1 saturated heterocycles. The van der Waals surface area contributed by atoms with Crippen molar-refractivity contribution in [2.45, 2.75) is 26.1 Å². The van der Waals surface area contributed by atoms with E-state index in [4.69, 9.17) is 9.47 Å². The Morgan fingerprint density at radius 3 is 2.53 bits per heavy atom. The van der Waals surface area contributed by atoms with Gasteiger partial charge in [0.1, 0.15) is 6.10 Å². The van der Waals surface area contributed by atoms with Crippen LogP contribution in [-0.4, -0.2) is 37.4 Å². The highest BCUT2D eigenvalue weighted by atomic mass is 16.6. The average molecular weight is 214 g/mol.